The molecule has 0 aliphatic carbocycles. The van der Waals surface area contributed by atoms with Gasteiger partial charge in [-0.25, -0.2) is 0 Å². The lowest BCUT2D eigenvalue weighted by molar-refractivity contribution is -0.134. The number of benzene rings is 1. The summed E-state index contributed by atoms with van der Waals surface area (Å²) < 4.78 is 0. The van der Waals surface area contributed by atoms with E-state index in [-0.39, 0.29) is 6.04 Å². The third-order valence-corrected chi connectivity index (χ3v) is 5.59. The van der Waals surface area contributed by atoms with Gasteiger partial charge in [-0.2, -0.15) is 0 Å². The Morgan fingerprint density at radius 1 is 1.21 bits per heavy atom. The SMILES string of the molecule is CN(C(=O)[C@@H]1CCCN1)C1CCN(CCCc2ccccc2)CC1. The minimum absolute atomic E-state index is 0.0684. The number of nitrogens with zero attached hydrogens (tertiary/aromatic N) is 2. The zero-order valence-electron chi connectivity index (χ0n) is 14.9. The van der Waals surface area contributed by atoms with E-state index in [4.69, 9.17) is 0 Å². The summed E-state index contributed by atoms with van der Waals surface area (Å²) in [5.74, 6) is 0.301. The third-order valence-electron chi connectivity index (χ3n) is 5.59. The van der Waals surface area contributed by atoms with Gasteiger partial charge < -0.3 is 15.1 Å². The molecule has 0 unspecified atom stereocenters. The molecule has 2 heterocycles. The van der Waals surface area contributed by atoms with Gasteiger partial charge in [-0.05, 0) is 57.2 Å². The Hall–Kier alpha value is -1.39. The van der Waals surface area contributed by atoms with Crippen LogP contribution in [0.25, 0.3) is 0 Å². The predicted octanol–water partition coefficient (Wildman–Crippen LogP) is 2.29. The summed E-state index contributed by atoms with van der Waals surface area (Å²) >= 11 is 0. The quantitative estimate of drug-likeness (QED) is 0.870. The van der Waals surface area contributed by atoms with E-state index < -0.39 is 0 Å². The number of likely N-dealkylation sites (tertiary alicyclic amines) is 1. The molecule has 1 aromatic carbocycles. The highest BCUT2D eigenvalue weighted by Gasteiger charge is 2.30. The number of hydrogen-bond acceptors (Lipinski definition) is 3. The van der Waals surface area contributed by atoms with Crippen LogP contribution in [-0.2, 0) is 11.2 Å². The van der Waals surface area contributed by atoms with Gasteiger partial charge >= 0.3 is 0 Å². The van der Waals surface area contributed by atoms with Crippen LogP contribution in [0.3, 0.4) is 0 Å². The van der Waals surface area contributed by atoms with Crippen molar-refractivity contribution >= 4 is 5.91 Å². The van der Waals surface area contributed by atoms with Gasteiger partial charge in [0.05, 0.1) is 6.04 Å². The fourth-order valence-corrected chi connectivity index (χ4v) is 4.00. The van der Waals surface area contributed by atoms with Gasteiger partial charge in [0.1, 0.15) is 0 Å². The summed E-state index contributed by atoms with van der Waals surface area (Å²) in [5, 5.41) is 3.33. The second kappa shape index (κ2) is 8.63. The lowest BCUT2D eigenvalue weighted by atomic mass is 10.0. The number of likely N-dealkylation sites (N-methyl/N-ethyl adjacent to an activating group) is 1. The number of aryl methyl sites for hydroxylation is 1. The Kier molecular flexibility index (Phi) is 6.27. The van der Waals surface area contributed by atoms with Crippen LogP contribution in [-0.4, -0.2) is 61.0 Å². The van der Waals surface area contributed by atoms with Crippen LogP contribution >= 0.6 is 0 Å². The Balaban J connectivity index is 1.36. The average Bonchev–Trinajstić information content (AvgIpc) is 3.17. The van der Waals surface area contributed by atoms with E-state index in [1.54, 1.807) is 0 Å². The molecule has 1 amide bonds. The number of nitrogens with one attached hydrogen (secondary N) is 1. The highest BCUT2D eigenvalue weighted by molar-refractivity contribution is 5.82. The van der Waals surface area contributed by atoms with E-state index in [1.807, 2.05) is 11.9 Å². The first-order valence-electron chi connectivity index (χ1n) is 9.50. The molecule has 0 radical (unpaired) electrons. The first-order valence-corrected chi connectivity index (χ1v) is 9.50. The third kappa shape index (κ3) is 4.58. The number of carbonyl (C=O) groups excluding carboxylic acids is 1. The van der Waals surface area contributed by atoms with Crippen molar-refractivity contribution in [2.24, 2.45) is 0 Å². The molecule has 0 aromatic heterocycles. The molecule has 0 saturated carbocycles. The van der Waals surface area contributed by atoms with E-state index in [9.17, 15) is 4.79 Å². The smallest absolute Gasteiger partial charge is 0.239 e. The monoisotopic (exact) mass is 329 g/mol. The van der Waals surface area contributed by atoms with Gasteiger partial charge in [-0.1, -0.05) is 30.3 Å². The van der Waals surface area contributed by atoms with Crippen LogP contribution in [0.1, 0.15) is 37.7 Å². The molecule has 2 aliphatic heterocycles. The van der Waals surface area contributed by atoms with Crippen molar-refractivity contribution in [1.82, 2.24) is 15.1 Å². The lowest BCUT2D eigenvalue weighted by Gasteiger charge is -2.37. The Morgan fingerprint density at radius 3 is 2.62 bits per heavy atom. The van der Waals surface area contributed by atoms with Crippen LogP contribution in [0.4, 0.5) is 0 Å². The Labute approximate surface area is 146 Å². The standard InChI is InChI=1S/C20H31N3O/c1-22(20(24)19-10-5-13-21-19)18-11-15-23(16-12-18)14-6-9-17-7-3-2-4-8-17/h2-4,7-8,18-19,21H,5-6,9-16H2,1H3/t19-/m0/s1. The van der Waals surface area contributed by atoms with Gasteiger partial charge in [0.2, 0.25) is 5.91 Å². The van der Waals surface area contributed by atoms with Gasteiger partial charge in [-0.15, -0.1) is 0 Å². The molecule has 2 aliphatic rings. The highest BCUT2D eigenvalue weighted by Crippen LogP contribution is 2.18. The number of carbonyl (C=O) groups is 1. The van der Waals surface area contributed by atoms with E-state index >= 15 is 0 Å². The zero-order valence-corrected chi connectivity index (χ0v) is 14.9. The van der Waals surface area contributed by atoms with Crippen molar-refractivity contribution in [3.8, 4) is 0 Å². The molecular weight excluding hydrogens is 298 g/mol. The van der Waals surface area contributed by atoms with Crippen molar-refractivity contribution in [3.05, 3.63) is 35.9 Å². The van der Waals surface area contributed by atoms with E-state index in [0.29, 0.717) is 11.9 Å². The minimum atomic E-state index is 0.0684. The maximum atomic E-state index is 12.5. The second-order valence-electron chi connectivity index (χ2n) is 7.26. The summed E-state index contributed by atoms with van der Waals surface area (Å²) in [7, 11) is 2.00. The first-order chi connectivity index (χ1) is 11.7. The maximum Gasteiger partial charge on any atom is 0.239 e. The molecule has 0 spiro atoms. The summed E-state index contributed by atoms with van der Waals surface area (Å²) in [6.07, 6.45) is 6.73. The summed E-state index contributed by atoms with van der Waals surface area (Å²) in [5.41, 5.74) is 1.43. The molecular formula is C20H31N3O. The Bertz CT molecular complexity index is 505. The topological polar surface area (TPSA) is 35.6 Å². The molecule has 2 saturated heterocycles. The molecule has 3 rings (SSSR count). The van der Waals surface area contributed by atoms with Gasteiger partial charge in [-0.3, -0.25) is 4.79 Å². The number of hydrogen-bond donors (Lipinski definition) is 1. The normalized spacial score (nSPS) is 22.6. The van der Waals surface area contributed by atoms with Gasteiger partial charge in [0, 0.05) is 26.2 Å². The number of amides is 1. The van der Waals surface area contributed by atoms with Crippen LogP contribution in [0.2, 0.25) is 0 Å². The fraction of sp³-hybridized carbons (Fsp3) is 0.650. The Morgan fingerprint density at radius 2 is 1.96 bits per heavy atom. The van der Waals surface area contributed by atoms with Crippen molar-refractivity contribution in [3.63, 3.8) is 0 Å². The lowest BCUT2D eigenvalue weighted by Crippen LogP contribution is -2.50. The van der Waals surface area contributed by atoms with Crippen LogP contribution in [0.15, 0.2) is 30.3 Å². The van der Waals surface area contributed by atoms with Crippen LogP contribution in [0, 0.1) is 0 Å². The number of rotatable bonds is 6. The molecule has 4 nitrogen and oxygen atoms in total. The highest BCUT2D eigenvalue weighted by atomic mass is 16.2. The maximum absolute atomic E-state index is 12.5. The largest absolute Gasteiger partial charge is 0.341 e. The fourth-order valence-electron chi connectivity index (χ4n) is 4.00. The summed E-state index contributed by atoms with van der Waals surface area (Å²) in [4.78, 5) is 17.1. The summed E-state index contributed by atoms with van der Waals surface area (Å²) in [6.45, 7) is 4.40. The van der Waals surface area contributed by atoms with Crippen molar-refractivity contribution in [2.45, 2.75) is 50.6 Å². The molecule has 2 fully saturated rings. The molecule has 4 heteroatoms. The van der Waals surface area contributed by atoms with E-state index in [1.165, 1.54) is 18.5 Å². The molecule has 1 atom stereocenters. The molecule has 132 valence electrons. The molecule has 0 bridgehead atoms. The number of piperidine rings is 1. The van der Waals surface area contributed by atoms with E-state index in [0.717, 1.165) is 51.7 Å². The van der Waals surface area contributed by atoms with E-state index in [2.05, 4.69) is 40.5 Å². The van der Waals surface area contributed by atoms with Crippen molar-refractivity contribution in [1.29, 1.82) is 0 Å². The first kappa shape index (κ1) is 17.4. The van der Waals surface area contributed by atoms with Gasteiger partial charge in [0.25, 0.3) is 0 Å². The van der Waals surface area contributed by atoms with Crippen molar-refractivity contribution < 1.29 is 4.79 Å². The molecule has 1 aromatic rings. The van der Waals surface area contributed by atoms with Crippen molar-refractivity contribution in [2.75, 3.05) is 33.2 Å². The van der Waals surface area contributed by atoms with Crippen LogP contribution < -0.4 is 5.32 Å². The van der Waals surface area contributed by atoms with Gasteiger partial charge in [0.15, 0.2) is 0 Å². The van der Waals surface area contributed by atoms with Crippen LogP contribution in [0.5, 0.6) is 0 Å². The molecule has 1 N–H and O–H groups in total. The average molecular weight is 329 g/mol. The molecule has 24 heavy (non-hydrogen) atoms. The summed E-state index contributed by atoms with van der Waals surface area (Å²) in [6, 6.07) is 11.2. The predicted molar refractivity (Wildman–Crippen MR) is 98.0 cm³/mol. The second-order valence-corrected chi connectivity index (χ2v) is 7.26. The zero-order chi connectivity index (χ0) is 16.8. The minimum Gasteiger partial charge on any atom is -0.341 e.